The van der Waals surface area contributed by atoms with E-state index in [0.29, 0.717) is 0 Å². The van der Waals surface area contributed by atoms with Gasteiger partial charge >= 0.3 is 0 Å². The molecular formula is C23H32N4O7. The zero-order valence-electron chi connectivity index (χ0n) is 19.9. The van der Waals surface area contributed by atoms with E-state index in [-0.39, 0.29) is 50.8 Å². The lowest BCUT2D eigenvalue weighted by Crippen LogP contribution is -2.52. The number of nitrogens with one attached hydrogen (secondary N) is 2. The summed E-state index contributed by atoms with van der Waals surface area (Å²) in [5.41, 5.74) is -1.52. The largest absolute Gasteiger partial charge is 0.392 e. The highest BCUT2D eigenvalue weighted by molar-refractivity contribution is 6.13. The third kappa shape index (κ3) is 6.83. The first-order chi connectivity index (χ1) is 15.7. The summed E-state index contributed by atoms with van der Waals surface area (Å²) in [7, 11) is 0. The highest BCUT2D eigenvalue weighted by Crippen LogP contribution is 2.33. The Kier molecular flexibility index (Phi) is 8.49. The van der Waals surface area contributed by atoms with Gasteiger partial charge in [-0.25, -0.2) is 0 Å². The Labute approximate surface area is 198 Å². The molecule has 11 heteroatoms. The van der Waals surface area contributed by atoms with Crippen LogP contribution in [0.5, 0.6) is 0 Å². The van der Waals surface area contributed by atoms with Gasteiger partial charge in [0.2, 0.25) is 11.8 Å². The van der Waals surface area contributed by atoms with Crippen molar-refractivity contribution in [2.24, 2.45) is 10.8 Å². The molecule has 0 atom stereocenters. The molecule has 2 aliphatic heterocycles. The molecule has 2 rings (SSSR count). The minimum absolute atomic E-state index is 0.0261. The molecule has 6 amide bonds. The molecule has 0 aromatic rings. The predicted molar refractivity (Wildman–Crippen MR) is 121 cm³/mol. The van der Waals surface area contributed by atoms with Gasteiger partial charge < -0.3 is 15.7 Å². The fourth-order valence-corrected chi connectivity index (χ4v) is 3.81. The smallest absolute Gasteiger partial charge is 0.253 e. The quantitative estimate of drug-likeness (QED) is 0.314. The molecule has 0 aromatic heterocycles. The highest BCUT2D eigenvalue weighted by Gasteiger charge is 2.40. The van der Waals surface area contributed by atoms with Crippen LogP contribution in [0.15, 0.2) is 24.3 Å². The van der Waals surface area contributed by atoms with Gasteiger partial charge in [0.1, 0.15) is 0 Å². The Balaban J connectivity index is 1.77. The third-order valence-corrected chi connectivity index (χ3v) is 5.89. The van der Waals surface area contributed by atoms with E-state index < -0.39 is 40.6 Å². The Morgan fingerprint density at radius 1 is 0.735 bits per heavy atom. The molecule has 0 unspecified atom stereocenters. The summed E-state index contributed by atoms with van der Waals surface area (Å²) >= 11 is 0. The number of carbonyl (C=O) groups is 6. The van der Waals surface area contributed by atoms with Crippen LogP contribution in [-0.4, -0.2) is 82.6 Å². The van der Waals surface area contributed by atoms with Gasteiger partial charge in [-0.2, -0.15) is 0 Å². The predicted octanol–water partition coefficient (Wildman–Crippen LogP) is -0.738. The molecule has 0 spiro atoms. The summed E-state index contributed by atoms with van der Waals surface area (Å²) in [4.78, 5) is 72.6. The van der Waals surface area contributed by atoms with Crippen LogP contribution in [0.2, 0.25) is 0 Å². The number of carbonyl (C=O) groups excluding carboxylic acids is 6. The summed E-state index contributed by atoms with van der Waals surface area (Å²) in [5, 5.41) is 16.4. The van der Waals surface area contributed by atoms with Gasteiger partial charge in [-0.15, -0.1) is 0 Å². The Hall–Kier alpha value is -3.34. The van der Waals surface area contributed by atoms with Crippen LogP contribution < -0.4 is 10.6 Å². The maximum absolute atomic E-state index is 12.2. The first-order valence-electron chi connectivity index (χ1n) is 11.0. The summed E-state index contributed by atoms with van der Waals surface area (Å²) < 4.78 is 0. The highest BCUT2D eigenvalue weighted by atomic mass is 16.3. The molecule has 0 saturated heterocycles. The molecule has 3 N–H and O–H groups in total. The van der Waals surface area contributed by atoms with E-state index in [1.54, 1.807) is 27.7 Å². The molecule has 2 aliphatic rings. The summed E-state index contributed by atoms with van der Waals surface area (Å²) in [6.45, 7) is 7.32. The van der Waals surface area contributed by atoms with Crippen LogP contribution >= 0.6 is 0 Å². The fraction of sp³-hybridized carbons (Fsp3) is 0.565. The van der Waals surface area contributed by atoms with Gasteiger partial charge in [-0.05, 0) is 0 Å². The molecule has 186 valence electrons. The van der Waals surface area contributed by atoms with Crippen LogP contribution in [0.4, 0.5) is 0 Å². The van der Waals surface area contributed by atoms with Crippen molar-refractivity contribution in [3.8, 4) is 0 Å². The number of nitrogens with zero attached hydrogens (tertiary/aromatic N) is 2. The SMILES string of the molecule is CC(C)(CNC(=O)CCN1C(=O)C=CC1=O)C(O)C(C)(C)CNC(=O)CCN1C(=O)C=CC1=O. The van der Waals surface area contributed by atoms with Crippen molar-refractivity contribution in [3.05, 3.63) is 24.3 Å². The summed E-state index contributed by atoms with van der Waals surface area (Å²) in [6, 6.07) is 0. The van der Waals surface area contributed by atoms with E-state index in [4.69, 9.17) is 0 Å². The van der Waals surface area contributed by atoms with Crippen LogP contribution in [0.25, 0.3) is 0 Å². The number of aliphatic hydroxyl groups is 1. The third-order valence-electron chi connectivity index (χ3n) is 5.89. The minimum atomic E-state index is -0.919. The van der Waals surface area contributed by atoms with Gasteiger partial charge in [0.15, 0.2) is 0 Å². The topological polar surface area (TPSA) is 153 Å². The van der Waals surface area contributed by atoms with Crippen molar-refractivity contribution in [3.63, 3.8) is 0 Å². The molecule has 0 radical (unpaired) electrons. The van der Waals surface area contributed by atoms with Crippen LogP contribution in [-0.2, 0) is 28.8 Å². The van der Waals surface area contributed by atoms with Crippen LogP contribution in [0.1, 0.15) is 40.5 Å². The van der Waals surface area contributed by atoms with Crippen molar-refractivity contribution < 1.29 is 33.9 Å². The molecule has 0 aliphatic carbocycles. The lowest BCUT2D eigenvalue weighted by atomic mass is 9.71. The average molecular weight is 477 g/mol. The van der Waals surface area contributed by atoms with Crippen molar-refractivity contribution >= 4 is 35.4 Å². The van der Waals surface area contributed by atoms with Gasteiger partial charge in [0.05, 0.1) is 6.10 Å². The monoisotopic (exact) mass is 476 g/mol. The normalized spacial score (nSPS) is 16.3. The van der Waals surface area contributed by atoms with Crippen molar-refractivity contribution in [2.75, 3.05) is 26.2 Å². The van der Waals surface area contributed by atoms with Gasteiger partial charge in [-0.1, -0.05) is 27.7 Å². The molecule has 0 bridgehead atoms. The second kappa shape index (κ2) is 10.7. The maximum Gasteiger partial charge on any atom is 0.253 e. The van der Waals surface area contributed by atoms with Crippen LogP contribution in [0.3, 0.4) is 0 Å². The molecule has 0 fully saturated rings. The zero-order chi connectivity index (χ0) is 25.7. The second-order valence-electron chi connectivity index (χ2n) is 9.76. The second-order valence-corrected chi connectivity index (χ2v) is 9.76. The Bertz CT molecular complexity index is 826. The number of imide groups is 2. The van der Waals surface area contributed by atoms with Gasteiger partial charge in [0.25, 0.3) is 23.6 Å². The lowest BCUT2D eigenvalue weighted by Gasteiger charge is -2.41. The molecule has 0 aromatic carbocycles. The van der Waals surface area contributed by atoms with Crippen LogP contribution in [0, 0.1) is 10.8 Å². The van der Waals surface area contributed by atoms with E-state index in [0.717, 1.165) is 34.1 Å². The number of amides is 6. The number of aliphatic hydroxyl groups excluding tert-OH is 1. The zero-order valence-corrected chi connectivity index (χ0v) is 19.9. The first kappa shape index (κ1) is 26.9. The standard InChI is InChI=1S/C23H32N4O7/c1-22(2,13-24-15(28)9-11-26-17(30)5-6-18(26)31)21(34)23(3,4)14-25-16(29)10-12-27-19(32)7-8-20(27)33/h5-8,21,34H,9-14H2,1-4H3,(H,24,28)(H,25,29). The molecule has 11 nitrogen and oxygen atoms in total. The Morgan fingerprint density at radius 3 is 1.32 bits per heavy atom. The molecular weight excluding hydrogens is 444 g/mol. The Morgan fingerprint density at radius 2 is 1.03 bits per heavy atom. The minimum Gasteiger partial charge on any atom is -0.392 e. The lowest BCUT2D eigenvalue weighted by molar-refractivity contribution is -0.139. The van der Waals surface area contributed by atoms with Gasteiger partial charge in [-0.3, -0.25) is 38.6 Å². The first-order valence-corrected chi connectivity index (χ1v) is 11.0. The number of hydrogen-bond acceptors (Lipinski definition) is 7. The van der Waals surface area contributed by atoms with E-state index >= 15 is 0 Å². The average Bonchev–Trinajstić information content (AvgIpc) is 3.27. The number of rotatable bonds is 12. The van der Waals surface area contributed by atoms with Crippen molar-refractivity contribution in [2.45, 2.75) is 46.6 Å². The van der Waals surface area contributed by atoms with Crippen molar-refractivity contribution in [1.29, 1.82) is 0 Å². The van der Waals surface area contributed by atoms with E-state index in [1.165, 1.54) is 0 Å². The maximum atomic E-state index is 12.2. The summed E-state index contributed by atoms with van der Waals surface area (Å²) in [6.07, 6.45) is 3.60. The van der Waals surface area contributed by atoms with E-state index in [9.17, 15) is 33.9 Å². The fourth-order valence-electron chi connectivity index (χ4n) is 3.81. The van der Waals surface area contributed by atoms with Crippen molar-refractivity contribution in [1.82, 2.24) is 20.4 Å². The van der Waals surface area contributed by atoms with E-state index in [2.05, 4.69) is 10.6 Å². The number of hydrogen-bond donors (Lipinski definition) is 3. The molecule has 34 heavy (non-hydrogen) atoms. The van der Waals surface area contributed by atoms with Gasteiger partial charge in [0, 0.05) is 74.2 Å². The van der Waals surface area contributed by atoms with E-state index in [1.807, 2.05) is 0 Å². The summed E-state index contributed by atoms with van der Waals surface area (Å²) in [5.74, 6) is -2.53. The molecule has 2 heterocycles. The molecule has 0 saturated carbocycles.